The minimum absolute atomic E-state index is 0.288. The van der Waals surface area contributed by atoms with Crippen molar-refractivity contribution in [2.45, 2.75) is 12.8 Å². The summed E-state index contributed by atoms with van der Waals surface area (Å²) in [6.45, 7) is 3.49. The maximum absolute atomic E-state index is 10.4. The van der Waals surface area contributed by atoms with E-state index in [1.165, 1.54) is 6.42 Å². The van der Waals surface area contributed by atoms with Crippen LogP contribution >= 0.6 is 0 Å². The highest BCUT2D eigenvalue weighted by molar-refractivity contribution is 5.73. The van der Waals surface area contributed by atoms with Crippen LogP contribution in [0.4, 0.5) is 0 Å². The summed E-state index contributed by atoms with van der Waals surface area (Å²) in [6, 6.07) is 0. The molecule has 1 amide bonds. The molecule has 1 atom stereocenters. The Morgan fingerprint density at radius 3 is 3.00 bits per heavy atom. The van der Waals surface area contributed by atoms with Gasteiger partial charge in [0.25, 0.3) is 0 Å². The van der Waals surface area contributed by atoms with Crippen molar-refractivity contribution >= 4 is 5.91 Å². The Balaban J connectivity index is 1.97. The SMILES string of the molecule is CN1CCC(COCCC(N)=O)C1. The second kappa shape index (κ2) is 5.19. The van der Waals surface area contributed by atoms with Crippen LogP contribution < -0.4 is 5.73 Å². The number of hydrogen-bond donors (Lipinski definition) is 1. The molecule has 1 fully saturated rings. The van der Waals surface area contributed by atoms with Crippen molar-refractivity contribution < 1.29 is 9.53 Å². The molecule has 0 aromatic carbocycles. The number of ether oxygens (including phenoxy) is 1. The number of carbonyl (C=O) groups excluding carboxylic acids is 1. The van der Waals surface area contributed by atoms with E-state index in [4.69, 9.17) is 10.5 Å². The van der Waals surface area contributed by atoms with Crippen LogP contribution in [0.25, 0.3) is 0 Å². The number of nitrogens with zero attached hydrogens (tertiary/aromatic N) is 1. The highest BCUT2D eigenvalue weighted by atomic mass is 16.5. The number of likely N-dealkylation sites (tertiary alicyclic amines) is 1. The molecule has 4 heteroatoms. The Bertz CT molecular complexity index is 173. The van der Waals surface area contributed by atoms with Crippen molar-refractivity contribution in [2.75, 3.05) is 33.4 Å². The quantitative estimate of drug-likeness (QED) is 0.606. The van der Waals surface area contributed by atoms with Crippen LogP contribution in [0.3, 0.4) is 0 Å². The molecule has 0 bridgehead atoms. The van der Waals surface area contributed by atoms with E-state index in [1.807, 2.05) is 0 Å². The van der Waals surface area contributed by atoms with E-state index in [0.717, 1.165) is 19.7 Å². The molecule has 1 saturated heterocycles. The Morgan fingerprint density at radius 1 is 1.69 bits per heavy atom. The molecule has 13 heavy (non-hydrogen) atoms. The van der Waals surface area contributed by atoms with Crippen LogP contribution in [-0.2, 0) is 9.53 Å². The van der Waals surface area contributed by atoms with E-state index >= 15 is 0 Å². The van der Waals surface area contributed by atoms with E-state index < -0.39 is 0 Å². The van der Waals surface area contributed by atoms with Gasteiger partial charge in [-0.2, -0.15) is 0 Å². The molecule has 2 N–H and O–H groups in total. The van der Waals surface area contributed by atoms with Crippen molar-refractivity contribution in [3.63, 3.8) is 0 Å². The molecule has 0 radical (unpaired) electrons. The monoisotopic (exact) mass is 186 g/mol. The van der Waals surface area contributed by atoms with Gasteiger partial charge in [0.05, 0.1) is 13.2 Å². The summed E-state index contributed by atoms with van der Waals surface area (Å²) in [7, 11) is 2.11. The zero-order valence-corrected chi connectivity index (χ0v) is 8.16. The summed E-state index contributed by atoms with van der Waals surface area (Å²) in [6.07, 6.45) is 1.54. The second-order valence-electron chi connectivity index (χ2n) is 3.71. The molecule has 1 aliphatic heterocycles. The number of hydrogen-bond acceptors (Lipinski definition) is 3. The first-order valence-corrected chi connectivity index (χ1v) is 4.73. The standard InChI is InChI=1S/C9H18N2O2/c1-11-4-2-8(6-11)7-13-5-3-9(10)12/h8H,2-7H2,1H3,(H2,10,12). The zero-order chi connectivity index (χ0) is 9.68. The molecule has 1 aliphatic rings. The average Bonchev–Trinajstić information content (AvgIpc) is 2.45. The van der Waals surface area contributed by atoms with E-state index in [-0.39, 0.29) is 5.91 Å². The molecule has 0 spiro atoms. The third-order valence-corrected chi connectivity index (χ3v) is 2.34. The van der Waals surface area contributed by atoms with E-state index in [1.54, 1.807) is 0 Å². The van der Waals surface area contributed by atoms with Gasteiger partial charge in [-0.3, -0.25) is 4.79 Å². The van der Waals surface area contributed by atoms with Gasteiger partial charge >= 0.3 is 0 Å². The molecule has 1 rings (SSSR count). The lowest BCUT2D eigenvalue weighted by Crippen LogP contribution is -2.18. The lowest BCUT2D eigenvalue weighted by Gasteiger charge is -2.10. The summed E-state index contributed by atoms with van der Waals surface area (Å²) in [4.78, 5) is 12.7. The van der Waals surface area contributed by atoms with Crippen molar-refractivity contribution in [3.8, 4) is 0 Å². The Labute approximate surface area is 79.0 Å². The largest absolute Gasteiger partial charge is 0.381 e. The summed E-state index contributed by atoms with van der Waals surface area (Å²) in [5.74, 6) is 0.349. The Morgan fingerprint density at radius 2 is 2.46 bits per heavy atom. The van der Waals surface area contributed by atoms with Gasteiger partial charge in [-0.1, -0.05) is 0 Å². The van der Waals surface area contributed by atoms with Crippen LogP contribution in [0.5, 0.6) is 0 Å². The fraction of sp³-hybridized carbons (Fsp3) is 0.889. The molecule has 0 saturated carbocycles. The summed E-state index contributed by atoms with van der Waals surface area (Å²) in [5, 5.41) is 0. The van der Waals surface area contributed by atoms with Gasteiger partial charge < -0.3 is 15.4 Å². The predicted octanol–water partition coefficient (Wildman–Crippen LogP) is -0.170. The molecule has 1 unspecified atom stereocenters. The summed E-state index contributed by atoms with van der Waals surface area (Å²) >= 11 is 0. The molecule has 1 heterocycles. The topological polar surface area (TPSA) is 55.6 Å². The van der Waals surface area contributed by atoms with Crippen LogP contribution in [0, 0.1) is 5.92 Å². The molecular formula is C9H18N2O2. The summed E-state index contributed by atoms with van der Waals surface area (Å²) in [5.41, 5.74) is 4.98. The fourth-order valence-corrected chi connectivity index (χ4v) is 1.59. The first-order chi connectivity index (χ1) is 6.18. The summed E-state index contributed by atoms with van der Waals surface area (Å²) < 4.78 is 5.35. The van der Waals surface area contributed by atoms with E-state index in [2.05, 4.69) is 11.9 Å². The number of rotatable bonds is 5. The molecule has 76 valence electrons. The van der Waals surface area contributed by atoms with E-state index in [9.17, 15) is 4.79 Å². The third kappa shape index (κ3) is 4.24. The molecular weight excluding hydrogens is 168 g/mol. The molecule has 0 aliphatic carbocycles. The van der Waals surface area contributed by atoms with Gasteiger partial charge in [-0.25, -0.2) is 0 Å². The number of nitrogens with two attached hydrogens (primary N) is 1. The average molecular weight is 186 g/mol. The van der Waals surface area contributed by atoms with Crippen molar-refractivity contribution in [1.82, 2.24) is 4.90 Å². The maximum Gasteiger partial charge on any atom is 0.219 e. The number of carbonyl (C=O) groups is 1. The molecule has 0 aromatic rings. The minimum atomic E-state index is -0.288. The van der Waals surface area contributed by atoms with Gasteiger partial charge in [0.15, 0.2) is 0 Å². The van der Waals surface area contributed by atoms with Crippen LogP contribution in [-0.4, -0.2) is 44.2 Å². The van der Waals surface area contributed by atoms with Gasteiger partial charge in [0, 0.05) is 13.0 Å². The minimum Gasteiger partial charge on any atom is -0.381 e. The van der Waals surface area contributed by atoms with Gasteiger partial charge in [-0.15, -0.1) is 0 Å². The zero-order valence-electron chi connectivity index (χ0n) is 8.16. The van der Waals surface area contributed by atoms with Crippen molar-refractivity contribution in [3.05, 3.63) is 0 Å². The number of amides is 1. The first-order valence-electron chi connectivity index (χ1n) is 4.73. The highest BCUT2D eigenvalue weighted by Crippen LogP contribution is 2.14. The Hall–Kier alpha value is -0.610. The lowest BCUT2D eigenvalue weighted by molar-refractivity contribution is -0.119. The third-order valence-electron chi connectivity index (χ3n) is 2.34. The second-order valence-corrected chi connectivity index (χ2v) is 3.71. The van der Waals surface area contributed by atoms with Crippen LogP contribution in [0.15, 0.2) is 0 Å². The van der Waals surface area contributed by atoms with Crippen LogP contribution in [0.2, 0.25) is 0 Å². The predicted molar refractivity (Wildman–Crippen MR) is 50.2 cm³/mol. The van der Waals surface area contributed by atoms with Crippen molar-refractivity contribution in [1.29, 1.82) is 0 Å². The van der Waals surface area contributed by atoms with Crippen LogP contribution in [0.1, 0.15) is 12.8 Å². The van der Waals surface area contributed by atoms with Gasteiger partial charge in [0.2, 0.25) is 5.91 Å². The molecule has 0 aromatic heterocycles. The maximum atomic E-state index is 10.4. The normalized spacial score (nSPS) is 23.6. The highest BCUT2D eigenvalue weighted by Gasteiger charge is 2.18. The van der Waals surface area contributed by atoms with Crippen molar-refractivity contribution in [2.24, 2.45) is 11.7 Å². The fourth-order valence-electron chi connectivity index (χ4n) is 1.59. The van der Waals surface area contributed by atoms with Gasteiger partial charge in [0.1, 0.15) is 0 Å². The smallest absolute Gasteiger partial charge is 0.219 e. The van der Waals surface area contributed by atoms with E-state index in [0.29, 0.717) is 18.9 Å². The molecule has 4 nitrogen and oxygen atoms in total. The number of primary amides is 1. The Kier molecular flexibility index (Phi) is 4.18. The lowest BCUT2D eigenvalue weighted by atomic mass is 10.1. The van der Waals surface area contributed by atoms with Gasteiger partial charge in [-0.05, 0) is 25.9 Å². The first kappa shape index (κ1) is 10.5.